The maximum absolute atomic E-state index is 13.2. The number of carbonyl (C=O) groups excluding carboxylic acids is 1. The van der Waals surface area contributed by atoms with E-state index in [-0.39, 0.29) is 16.3 Å². The molecule has 0 bridgehead atoms. The Kier molecular flexibility index (Phi) is 4.32. The predicted molar refractivity (Wildman–Crippen MR) is 70.9 cm³/mol. The molecule has 0 atom stereocenters. The van der Waals surface area contributed by atoms with E-state index in [4.69, 9.17) is 11.6 Å². The summed E-state index contributed by atoms with van der Waals surface area (Å²) in [6.45, 7) is -0.410. The fraction of sp³-hybridized carbons (Fsp3) is 0.154. The molecule has 0 radical (unpaired) electrons. The molecule has 2 rings (SSSR count). The van der Waals surface area contributed by atoms with Crippen LogP contribution in [0.1, 0.15) is 0 Å². The third-order valence-corrected chi connectivity index (χ3v) is 2.91. The summed E-state index contributed by atoms with van der Waals surface area (Å²) in [5.41, 5.74) is -0.502. The molecule has 8 heteroatoms. The van der Waals surface area contributed by atoms with Crippen molar-refractivity contribution >= 4 is 17.6 Å². The van der Waals surface area contributed by atoms with Crippen LogP contribution in [0.15, 0.2) is 29.1 Å². The lowest BCUT2D eigenvalue weighted by Gasteiger charge is -2.08. The maximum atomic E-state index is 13.2. The molecular weight excluding hydrogens is 306 g/mol. The first-order valence-electron chi connectivity index (χ1n) is 5.71. The number of esters is 1. The van der Waals surface area contributed by atoms with Crippen LogP contribution in [0.25, 0.3) is 11.1 Å². The van der Waals surface area contributed by atoms with Gasteiger partial charge in [0.25, 0.3) is 5.56 Å². The summed E-state index contributed by atoms with van der Waals surface area (Å²) >= 11 is 5.90. The molecule has 0 saturated carbocycles. The second-order valence-electron chi connectivity index (χ2n) is 4.08. The van der Waals surface area contributed by atoms with Crippen molar-refractivity contribution in [3.05, 3.63) is 51.4 Å². The Morgan fingerprint density at radius 3 is 2.48 bits per heavy atom. The van der Waals surface area contributed by atoms with E-state index in [0.717, 1.165) is 22.9 Å². The highest BCUT2D eigenvalue weighted by molar-refractivity contribution is 6.32. The van der Waals surface area contributed by atoms with Crippen LogP contribution in [-0.4, -0.2) is 22.9 Å². The summed E-state index contributed by atoms with van der Waals surface area (Å²) < 4.78 is 31.6. The highest BCUT2D eigenvalue weighted by atomic mass is 35.5. The first kappa shape index (κ1) is 15.1. The molecule has 1 aromatic carbocycles. The van der Waals surface area contributed by atoms with Crippen molar-refractivity contribution in [1.29, 1.82) is 0 Å². The van der Waals surface area contributed by atoms with E-state index in [2.05, 4.69) is 9.84 Å². The number of hydrogen-bond acceptors (Lipinski definition) is 4. The van der Waals surface area contributed by atoms with E-state index in [1.54, 1.807) is 0 Å². The van der Waals surface area contributed by atoms with Crippen molar-refractivity contribution in [3.8, 4) is 11.1 Å². The minimum atomic E-state index is -0.806. The van der Waals surface area contributed by atoms with Crippen molar-refractivity contribution in [2.24, 2.45) is 0 Å². The number of benzene rings is 1. The lowest BCUT2D eigenvalue weighted by Crippen LogP contribution is -2.27. The summed E-state index contributed by atoms with van der Waals surface area (Å²) in [6, 6.07) is 3.79. The Morgan fingerprint density at radius 1 is 1.29 bits per heavy atom. The molecule has 0 aliphatic heterocycles. The van der Waals surface area contributed by atoms with Gasteiger partial charge in [0.05, 0.1) is 7.11 Å². The topological polar surface area (TPSA) is 61.2 Å². The number of nitrogens with zero attached hydrogens (tertiary/aromatic N) is 2. The largest absolute Gasteiger partial charge is 0.468 e. The van der Waals surface area contributed by atoms with Crippen LogP contribution < -0.4 is 5.56 Å². The van der Waals surface area contributed by atoms with Gasteiger partial charge in [-0.25, -0.2) is 13.5 Å². The molecule has 5 nitrogen and oxygen atoms in total. The number of carbonyl (C=O) groups is 1. The molecule has 0 spiro atoms. The predicted octanol–water partition coefficient (Wildman–Crippen LogP) is 2.01. The van der Waals surface area contributed by atoms with Gasteiger partial charge in [0.2, 0.25) is 0 Å². The summed E-state index contributed by atoms with van der Waals surface area (Å²) in [5, 5.41) is 3.56. The quantitative estimate of drug-likeness (QED) is 0.813. The zero-order valence-corrected chi connectivity index (χ0v) is 11.5. The van der Waals surface area contributed by atoms with Crippen LogP contribution in [0.4, 0.5) is 8.78 Å². The molecule has 2 aromatic rings. The summed E-state index contributed by atoms with van der Waals surface area (Å²) in [6.07, 6.45) is 0. The monoisotopic (exact) mass is 314 g/mol. The number of halogens is 3. The van der Waals surface area contributed by atoms with Crippen molar-refractivity contribution < 1.29 is 18.3 Å². The van der Waals surface area contributed by atoms with Crippen LogP contribution >= 0.6 is 11.6 Å². The standard InChI is InChI=1S/C13H9ClF2N2O3/c1-21-12(20)6-18-11(19)5-10(13(14)17-18)7-2-8(15)4-9(16)3-7/h2-5H,6H2,1H3. The smallest absolute Gasteiger partial charge is 0.327 e. The van der Waals surface area contributed by atoms with E-state index in [0.29, 0.717) is 6.07 Å². The van der Waals surface area contributed by atoms with Crippen LogP contribution in [-0.2, 0) is 16.1 Å². The van der Waals surface area contributed by atoms with E-state index < -0.39 is 29.7 Å². The van der Waals surface area contributed by atoms with Crippen LogP contribution in [0.5, 0.6) is 0 Å². The molecule has 0 fully saturated rings. The first-order valence-corrected chi connectivity index (χ1v) is 6.09. The molecule has 0 N–H and O–H groups in total. The Hall–Kier alpha value is -2.28. The summed E-state index contributed by atoms with van der Waals surface area (Å²) in [5.74, 6) is -2.29. The maximum Gasteiger partial charge on any atom is 0.327 e. The second kappa shape index (κ2) is 6.01. The highest BCUT2D eigenvalue weighted by Gasteiger charge is 2.13. The lowest BCUT2D eigenvalue weighted by atomic mass is 10.1. The van der Waals surface area contributed by atoms with Gasteiger partial charge < -0.3 is 4.74 Å². The molecule has 0 aliphatic rings. The first-order chi connectivity index (χ1) is 9.90. The third kappa shape index (κ3) is 3.43. The van der Waals surface area contributed by atoms with Gasteiger partial charge in [-0.05, 0) is 17.7 Å². The fourth-order valence-corrected chi connectivity index (χ4v) is 1.93. The van der Waals surface area contributed by atoms with Gasteiger partial charge >= 0.3 is 5.97 Å². The van der Waals surface area contributed by atoms with Crippen LogP contribution in [0.3, 0.4) is 0 Å². The Balaban J connectivity index is 2.49. The molecule has 0 saturated heterocycles. The fourth-order valence-electron chi connectivity index (χ4n) is 1.68. The van der Waals surface area contributed by atoms with Gasteiger partial charge in [-0.3, -0.25) is 9.59 Å². The highest BCUT2D eigenvalue weighted by Crippen LogP contribution is 2.25. The zero-order chi connectivity index (χ0) is 15.6. The average molecular weight is 315 g/mol. The minimum absolute atomic E-state index is 0.0705. The number of rotatable bonds is 3. The van der Waals surface area contributed by atoms with E-state index in [9.17, 15) is 18.4 Å². The number of ether oxygens (including phenoxy) is 1. The third-order valence-electron chi connectivity index (χ3n) is 2.63. The van der Waals surface area contributed by atoms with Crippen molar-refractivity contribution in [2.45, 2.75) is 6.54 Å². The van der Waals surface area contributed by atoms with Crippen molar-refractivity contribution in [3.63, 3.8) is 0 Å². The summed E-state index contributed by atoms with van der Waals surface area (Å²) in [4.78, 5) is 23.0. The average Bonchev–Trinajstić information content (AvgIpc) is 2.41. The number of aromatic nitrogens is 2. The van der Waals surface area contributed by atoms with E-state index in [1.165, 1.54) is 7.11 Å². The van der Waals surface area contributed by atoms with E-state index in [1.807, 2.05) is 0 Å². The normalized spacial score (nSPS) is 10.5. The van der Waals surface area contributed by atoms with Crippen LogP contribution in [0, 0.1) is 11.6 Å². The molecule has 21 heavy (non-hydrogen) atoms. The molecule has 0 aliphatic carbocycles. The van der Waals surface area contributed by atoms with Crippen molar-refractivity contribution in [2.75, 3.05) is 7.11 Å². The zero-order valence-electron chi connectivity index (χ0n) is 10.8. The second-order valence-corrected chi connectivity index (χ2v) is 4.44. The number of hydrogen-bond donors (Lipinski definition) is 0. The molecule has 110 valence electrons. The van der Waals surface area contributed by atoms with Gasteiger partial charge in [-0.1, -0.05) is 11.6 Å². The molecule has 1 aromatic heterocycles. The summed E-state index contributed by atoms with van der Waals surface area (Å²) in [7, 11) is 1.17. The van der Waals surface area contributed by atoms with E-state index >= 15 is 0 Å². The Labute approximate surface area is 122 Å². The van der Waals surface area contributed by atoms with Gasteiger partial charge in [-0.2, -0.15) is 5.10 Å². The SMILES string of the molecule is COC(=O)Cn1nc(Cl)c(-c2cc(F)cc(F)c2)cc1=O. The Bertz CT molecular complexity index is 741. The molecular formula is C13H9ClF2N2O3. The van der Waals surface area contributed by atoms with Crippen molar-refractivity contribution in [1.82, 2.24) is 9.78 Å². The number of methoxy groups -OCH3 is 1. The van der Waals surface area contributed by atoms with Gasteiger partial charge in [0.15, 0.2) is 5.15 Å². The van der Waals surface area contributed by atoms with Gasteiger partial charge in [-0.15, -0.1) is 0 Å². The van der Waals surface area contributed by atoms with Gasteiger partial charge in [0.1, 0.15) is 18.2 Å². The minimum Gasteiger partial charge on any atom is -0.468 e. The van der Waals surface area contributed by atoms with Crippen LogP contribution in [0.2, 0.25) is 5.15 Å². The molecule has 1 heterocycles. The molecule has 0 amide bonds. The lowest BCUT2D eigenvalue weighted by molar-refractivity contribution is -0.141. The molecule has 0 unspecified atom stereocenters. The Morgan fingerprint density at radius 2 is 1.90 bits per heavy atom. The van der Waals surface area contributed by atoms with Gasteiger partial charge in [0, 0.05) is 17.7 Å².